The van der Waals surface area contributed by atoms with Gasteiger partial charge in [0.25, 0.3) is 0 Å². The predicted octanol–water partition coefficient (Wildman–Crippen LogP) is 2.98. The van der Waals surface area contributed by atoms with E-state index in [1.807, 2.05) is 12.1 Å². The van der Waals surface area contributed by atoms with Crippen molar-refractivity contribution in [2.24, 2.45) is 0 Å². The van der Waals surface area contributed by atoms with Crippen molar-refractivity contribution in [3.63, 3.8) is 0 Å². The number of nitrogens with zero attached hydrogens (tertiary/aromatic N) is 1. The molecule has 0 aliphatic rings. The molecule has 0 fully saturated rings. The number of aliphatic hydroxyl groups excluding tert-OH is 1. The molecule has 0 atom stereocenters. The molecule has 0 aliphatic heterocycles. The minimum atomic E-state index is -0.0469. The fraction of sp³-hybridized carbons (Fsp3) is 0.100. The van der Waals surface area contributed by atoms with Gasteiger partial charge in [-0.15, -0.1) is 0 Å². The zero-order valence-electron chi connectivity index (χ0n) is 7.67. The van der Waals surface area contributed by atoms with Crippen LogP contribution in [0.5, 0.6) is 0 Å². The van der Waals surface area contributed by atoms with Gasteiger partial charge in [0.15, 0.2) is 0 Å². The van der Waals surface area contributed by atoms with Gasteiger partial charge in [-0.2, -0.15) is 0 Å². The molecule has 0 saturated carbocycles. The first kappa shape index (κ1) is 10.7. The SMILES string of the molecule is OCc1cnc(-c2cc(Cl)cc(Br)c2)[nH]1. The van der Waals surface area contributed by atoms with E-state index in [0.717, 1.165) is 10.0 Å². The highest BCUT2D eigenvalue weighted by Gasteiger charge is 2.04. The van der Waals surface area contributed by atoms with Crippen LogP contribution in [-0.4, -0.2) is 15.1 Å². The maximum absolute atomic E-state index is 8.90. The summed E-state index contributed by atoms with van der Waals surface area (Å²) in [6, 6.07) is 5.53. The Labute approximate surface area is 100 Å². The van der Waals surface area contributed by atoms with Gasteiger partial charge in [-0.3, -0.25) is 0 Å². The minimum Gasteiger partial charge on any atom is -0.390 e. The Morgan fingerprint density at radius 2 is 2.20 bits per heavy atom. The largest absolute Gasteiger partial charge is 0.390 e. The number of hydrogen-bond acceptors (Lipinski definition) is 2. The monoisotopic (exact) mass is 286 g/mol. The summed E-state index contributed by atoms with van der Waals surface area (Å²) in [4.78, 5) is 7.14. The van der Waals surface area contributed by atoms with Crippen LogP contribution in [0.15, 0.2) is 28.9 Å². The normalized spacial score (nSPS) is 10.6. The molecule has 5 heteroatoms. The van der Waals surface area contributed by atoms with Crippen LogP contribution in [0, 0.1) is 0 Å². The summed E-state index contributed by atoms with van der Waals surface area (Å²) in [6.07, 6.45) is 1.60. The van der Waals surface area contributed by atoms with Crippen LogP contribution in [0.25, 0.3) is 11.4 Å². The van der Waals surface area contributed by atoms with Crippen molar-refractivity contribution in [1.29, 1.82) is 0 Å². The molecule has 0 amide bonds. The van der Waals surface area contributed by atoms with E-state index in [0.29, 0.717) is 16.5 Å². The number of aromatic nitrogens is 2. The van der Waals surface area contributed by atoms with Crippen molar-refractivity contribution in [1.82, 2.24) is 9.97 Å². The maximum Gasteiger partial charge on any atom is 0.137 e. The van der Waals surface area contributed by atoms with Crippen LogP contribution in [0.3, 0.4) is 0 Å². The predicted molar refractivity (Wildman–Crippen MR) is 62.7 cm³/mol. The second kappa shape index (κ2) is 4.35. The average molecular weight is 288 g/mol. The first-order chi connectivity index (χ1) is 7.19. The van der Waals surface area contributed by atoms with Gasteiger partial charge in [-0.25, -0.2) is 4.98 Å². The highest BCUT2D eigenvalue weighted by Crippen LogP contribution is 2.25. The molecule has 0 unspecified atom stereocenters. The number of hydrogen-bond donors (Lipinski definition) is 2. The number of imidazole rings is 1. The number of benzene rings is 1. The van der Waals surface area contributed by atoms with Crippen LogP contribution in [-0.2, 0) is 6.61 Å². The van der Waals surface area contributed by atoms with Gasteiger partial charge < -0.3 is 10.1 Å². The van der Waals surface area contributed by atoms with E-state index in [9.17, 15) is 0 Å². The third-order valence-electron chi connectivity index (χ3n) is 1.93. The molecular weight excluding hydrogens is 279 g/mol. The molecule has 3 nitrogen and oxygen atoms in total. The lowest BCUT2D eigenvalue weighted by Crippen LogP contribution is -1.83. The Kier molecular flexibility index (Phi) is 3.09. The van der Waals surface area contributed by atoms with E-state index in [-0.39, 0.29) is 6.61 Å². The molecular formula is C10H8BrClN2O. The van der Waals surface area contributed by atoms with Crippen LogP contribution in [0.2, 0.25) is 5.02 Å². The average Bonchev–Trinajstić information content (AvgIpc) is 2.64. The van der Waals surface area contributed by atoms with E-state index >= 15 is 0 Å². The zero-order chi connectivity index (χ0) is 10.8. The second-order valence-corrected chi connectivity index (χ2v) is 4.43. The maximum atomic E-state index is 8.90. The Morgan fingerprint density at radius 1 is 1.40 bits per heavy atom. The minimum absolute atomic E-state index is 0.0469. The van der Waals surface area contributed by atoms with Gasteiger partial charge in [0.2, 0.25) is 0 Å². The Balaban J connectivity index is 2.44. The molecule has 1 heterocycles. The van der Waals surface area contributed by atoms with Crippen molar-refractivity contribution < 1.29 is 5.11 Å². The molecule has 0 aliphatic carbocycles. The summed E-state index contributed by atoms with van der Waals surface area (Å²) < 4.78 is 0.895. The van der Waals surface area contributed by atoms with Crippen molar-refractivity contribution in [3.05, 3.63) is 39.6 Å². The topological polar surface area (TPSA) is 48.9 Å². The van der Waals surface area contributed by atoms with E-state index < -0.39 is 0 Å². The smallest absolute Gasteiger partial charge is 0.137 e. The Morgan fingerprint density at radius 3 is 2.80 bits per heavy atom. The number of nitrogens with one attached hydrogen (secondary N) is 1. The fourth-order valence-corrected chi connectivity index (χ4v) is 2.14. The second-order valence-electron chi connectivity index (χ2n) is 3.07. The summed E-state index contributed by atoms with van der Waals surface area (Å²) in [7, 11) is 0. The highest BCUT2D eigenvalue weighted by molar-refractivity contribution is 9.10. The van der Waals surface area contributed by atoms with Crippen LogP contribution in [0.1, 0.15) is 5.69 Å². The van der Waals surface area contributed by atoms with Crippen molar-refractivity contribution in [2.45, 2.75) is 6.61 Å². The van der Waals surface area contributed by atoms with Gasteiger partial charge >= 0.3 is 0 Å². The molecule has 0 bridgehead atoms. The standard InChI is InChI=1S/C10H8BrClN2O/c11-7-1-6(2-8(12)3-7)10-13-4-9(5-15)14-10/h1-4,15H,5H2,(H,13,14). The number of H-pyrrole nitrogens is 1. The van der Waals surface area contributed by atoms with Gasteiger partial charge in [0.05, 0.1) is 18.5 Å². The Bertz CT molecular complexity index is 464. The molecule has 2 aromatic rings. The summed E-state index contributed by atoms with van der Waals surface area (Å²) in [5.74, 6) is 0.697. The summed E-state index contributed by atoms with van der Waals surface area (Å²) >= 11 is 9.28. The van der Waals surface area contributed by atoms with Crippen LogP contribution >= 0.6 is 27.5 Å². The third-order valence-corrected chi connectivity index (χ3v) is 2.61. The molecule has 0 radical (unpaired) electrons. The van der Waals surface area contributed by atoms with E-state index in [1.165, 1.54) is 0 Å². The molecule has 15 heavy (non-hydrogen) atoms. The van der Waals surface area contributed by atoms with Crippen molar-refractivity contribution in [2.75, 3.05) is 0 Å². The van der Waals surface area contributed by atoms with E-state index in [2.05, 4.69) is 25.9 Å². The van der Waals surface area contributed by atoms with E-state index in [1.54, 1.807) is 12.3 Å². The first-order valence-corrected chi connectivity index (χ1v) is 5.47. The Hall–Kier alpha value is -0.840. The zero-order valence-corrected chi connectivity index (χ0v) is 10.0. The highest BCUT2D eigenvalue weighted by atomic mass is 79.9. The lowest BCUT2D eigenvalue weighted by molar-refractivity contribution is 0.277. The molecule has 2 rings (SSSR count). The quantitative estimate of drug-likeness (QED) is 0.892. The number of aromatic amines is 1. The molecule has 78 valence electrons. The summed E-state index contributed by atoms with van der Waals surface area (Å²) in [6.45, 7) is -0.0469. The van der Waals surface area contributed by atoms with Gasteiger partial charge in [-0.1, -0.05) is 27.5 Å². The fourth-order valence-electron chi connectivity index (χ4n) is 1.28. The van der Waals surface area contributed by atoms with Crippen molar-refractivity contribution in [3.8, 4) is 11.4 Å². The molecule has 0 saturated heterocycles. The lowest BCUT2D eigenvalue weighted by Gasteiger charge is -1.99. The first-order valence-electron chi connectivity index (χ1n) is 4.30. The van der Waals surface area contributed by atoms with Crippen LogP contribution in [0.4, 0.5) is 0 Å². The summed E-state index contributed by atoms with van der Waals surface area (Å²) in [5, 5.41) is 9.54. The van der Waals surface area contributed by atoms with Gasteiger partial charge in [0.1, 0.15) is 5.82 Å². The third kappa shape index (κ3) is 2.40. The van der Waals surface area contributed by atoms with E-state index in [4.69, 9.17) is 16.7 Å². The van der Waals surface area contributed by atoms with Crippen LogP contribution < -0.4 is 0 Å². The number of aliphatic hydroxyl groups is 1. The molecule has 0 spiro atoms. The lowest BCUT2D eigenvalue weighted by atomic mass is 10.2. The molecule has 1 aromatic carbocycles. The molecule has 1 aromatic heterocycles. The number of halogens is 2. The van der Waals surface area contributed by atoms with Crippen molar-refractivity contribution >= 4 is 27.5 Å². The van der Waals surface area contributed by atoms with Gasteiger partial charge in [0, 0.05) is 15.1 Å². The number of rotatable bonds is 2. The molecule has 2 N–H and O–H groups in total. The van der Waals surface area contributed by atoms with Gasteiger partial charge in [-0.05, 0) is 18.2 Å². The summed E-state index contributed by atoms with van der Waals surface area (Å²) in [5.41, 5.74) is 1.56.